The first-order valence-electron chi connectivity index (χ1n) is 5.87. The monoisotopic (exact) mass is 235 g/mol. The van der Waals surface area contributed by atoms with Gasteiger partial charge in [0, 0.05) is 11.6 Å². The molecular formula is C13H18NOP. The van der Waals surface area contributed by atoms with Crippen LogP contribution in [0.3, 0.4) is 0 Å². The Hall–Kier alpha value is -0.430. The summed E-state index contributed by atoms with van der Waals surface area (Å²) in [6.45, 7) is 6.75. The molecule has 0 bridgehead atoms. The first-order chi connectivity index (χ1) is 7.55. The minimum atomic E-state index is -0.494. The normalized spacial score (nSPS) is 32.6. The number of benzene rings is 1. The van der Waals surface area contributed by atoms with Crippen molar-refractivity contribution in [2.24, 2.45) is 0 Å². The van der Waals surface area contributed by atoms with Crippen LogP contribution in [0.25, 0.3) is 0 Å². The average Bonchev–Trinajstić information content (AvgIpc) is 2.72. The van der Waals surface area contributed by atoms with E-state index in [1.54, 1.807) is 0 Å². The SMILES string of the molecule is CC(C)(C)P1N[C@H]2c3ccccc3C[C@H]2O1. The molecule has 86 valence electrons. The van der Waals surface area contributed by atoms with Gasteiger partial charge in [-0.05, 0) is 11.1 Å². The van der Waals surface area contributed by atoms with Gasteiger partial charge in [0.05, 0.1) is 12.1 Å². The third-order valence-corrected chi connectivity index (χ3v) is 5.50. The van der Waals surface area contributed by atoms with Crippen LogP contribution >= 0.6 is 8.30 Å². The van der Waals surface area contributed by atoms with Crippen LogP contribution in [0.4, 0.5) is 0 Å². The molecule has 3 heteroatoms. The second kappa shape index (κ2) is 3.53. The molecule has 1 N–H and O–H groups in total. The highest BCUT2D eigenvalue weighted by molar-refractivity contribution is 7.52. The Bertz CT molecular complexity index is 413. The van der Waals surface area contributed by atoms with Crippen molar-refractivity contribution in [3.8, 4) is 0 Å². The Morgan fingerprint density at radius 2 is 2.06 bits per heavy atom. The van der Waals surface area contributed by atoms with E-state index in [-0.39, 0.29) is 5.16 Å². The minimum absolute atomic E-state index is 0.231. The minimum Gasteiger partial charge on any atom is -0.338 e. The van der Waals surface area contributed by atoms with Gasteiger partial charge in [0.15, 0.2) is 0 Å². The molecule has 3 rings (SSSR count). The lowest BCUT2D eigenvalue weighted by Gasteiger charge is -2.26. The highest BCUT2D eigenvalue weighted by atomic mass is 31.2. The summed E-state index contributed by atoms with van der Waals surface area (Å²) < 4.78 is 6.19. The van der Waals surface area contributed by atoms with Crippen molar-refractivity contribution < 1.29 is 4.52 Å². The zero-order valence-corrected chi connectivity index (χ0v) is 10.9. The molecule has 16 heavy (non-hydrogen) atoms. The zero-order valence-electron chi connectivity index (χ0n) is 10.0. The Kier molecular flexibility index (Phi) is 2.36. The van der Waals surface area contributed by atoms with Crippen LogP contribution in [-0.2, 0) is 10.9 Å². The second-order valence-electron chi connectivity index (χ2n) is 5.62. The van der Waals surface area contributed by atoms with E-state index in [1.807, 2.05) is 0 Å². The number of nitrogens with one attached hydrogen (secondary N) is 1. The van der Waals surface area contributed by atoms with E-state index in [4.69, 9.17) is 4.52 Å². The molecule has 1 aromatic carbocycles. The molecule has 0 aromatic heterocycles. The standard InChI is InChI=1S/C13H18NOP/c1-13(2,3)16-14-12-10-7-5-4-6-9(10)8-11(12)15-16/h4-7,11-12,14H,8H2,1-3H3/t11-,12+,16?/m1/s1. The quantitative estimate of drug-likeness (QED) is 0.696. The molecule has 3 atom stereocenters. The first-order valence-corrected chi connectivity index (χ1v) is 7.12. The van der Waals surface area contributed by atoms with Crippen LogP contribution in [0, 0.1) is 0 Å². The van der Waals surface area contributed by atoms with Gasteiger partial charge in [-0.25, -0.2) is 0 Å². The maximum atomic E-state index is 6.19. The van der Waals surface area contributed by atoms with E-state index in [9.17, 15) is 0 Å². The van der Waals surface area contributed by atoms with Crippen molar-refractivity contribution in [1.29, 1.82) is 0 Å². The number of hydrogen-bond acceptors (Lipinski definition) is 2. The molecule has 1 heterocycles. The Morgan fingerprint density at radius 1 is 1.31 bits per heavy atom. The third-order valence-electron chi connectivity index (χ3n) is 3.29. The van der Waals surface area contributed by atoms with Crippen LogP contribution in [-0.4, -0.2) is 11.3 Å². The second-order valence-corrected chi connectivity index (χ2v) is 8.02. The number of hydrogen-bond donors (Lipinski definition) is 1. The summed E-state index contributed by atoms with van der Waals surface area (Å²) >= 11 is 0. The van der Waals surface area contributed by atoms with E-state index >= 15 is 0 Å². The molecule has 1 aromatic rings. The molecule has 1 fully saturated rings. The van der Waals surface area contributed by atoms with Gasteiger partial charge in [-0.3, -0.25) is 5.09 Å². The smallest absolute Gasteiger partial charge is 0.108 e. The topological polar surface area (TPSA) is 21.3 Å². The number of fused-ring (bicyclic) bond motifs is 3. The Morgan fingerprint density at radius 3 is 2.81 bits per heavy atom. The molecule has 1 saturated heterocycles. The van der Waals surface area contributed by atoms with Gasteiger partial charge in [-0.1, -0.05) is 45.0 Å². The van der Waals surface area contributed by atoms with Crippen molar-refractivity contribution in [2.75, 3.05) is 0 Å². The molecule has 1 aliphatic heterocycles. The van der Waals surface area contributed by atoms with E-state index < -0.39 is 8.30 Å². The van der Waals surface area contributed by atoms with E-state index in [0.29, 0.717) is 12.1 Å². The third kappa shape index (κ3) is 1.60. The van der Waals surface area contributed by atoms with Gasteiger partial charge < -0.3 is 4.52 Å². The fraction of sp³-hybridized carbons (Fsp3) is 0.538. The molecule has 1 unspecified atom stereocenters. The summed E-state index contributed by atoms with van der Waals surface area (Å²) in [5, 5.41) is 3.92. The average molecular weight is 235 g/mol. The predicted molar refractivity (Wildman–Crippen MR) is 67.6 cm³/mol. The lowest BCUT2D eigenvalue weighted by atomic mass is 10.1. The fourth-order valence-electron chi connectivity index (χ4n) is 2.45. The van der Waals surface area contributed by atoms with Gasteiger partial charge in [0.1, 0.15) is 8.30 Å². The molecule has 2 aliphatic rings. The van der Waals surface area contributed by atoms with Crippen molar-refractivity contribution in [1.82, 2.24) is 5.09 Å². The van der Waals surface area contributed by atoms with Gasteiger partial charge in [-0.15, -0.1) is 0 Å². The van der Waals surface area contributed by atoms with Crippen molar-refractivity contribution in [3.05, 3.63) is 35.4 Å². The van der Waals surface area contributed by atoms with Crippen molar-refractivity contribution in [3.63, 3.8) is 0 Å². The summed E-state index contributed by atoms with van der Waals surface area (Å²) in [4.78, 5) is 0. The van der Waals surface area contributed by atoms with Crippen molar-refractivity contribution in [2.45, 2.75) is 44.5 Å². The van der Waals surface area contributed by atoms with E-state index in [1.165, 1.54) is 11.1 Å². The molecular weight excluding hydrogens is 217 g/mol. The fourth-order valence-corrected chi connectivity index (χ4v) is 4.24. The Balaban J connectivity index is 1.87. The maximum absolute atomic E-state index is 6.19. The summed E-state index contributed by atoms with van der Waals surface area (Å²) in [6, 6.07) is 9.13. The van der Waals surface area contributed by atoms with Gasteiger partial charge >= 0.3 is 0 Å². The van der Waals surface area contributed by atoms with Gasteiger partial charge in [0.2, 0.25) is 0 Å². The van der Waals surface area contributed by atoms with E-state index in [0.717, 1.165) is 6.42 Å². The zero-order chi connectivity index (χ0) is 11.3. The molecule has 0 saturated carbocycles. The molecule has 0 radical (unpaired) electrons. The molecule has 1 aliphatic carbocycles. The van der Waals surface area contributed by atoms with Crippen LogP contribution < -0.4 is 5.09 Å². The van der Waals surface area contributed by atoms with Crippen LogP contribution in [0.5, 0.6) is 0 Å². The summed E-state index contributed by atoms with van der Waals surface area (Å²) in [5.41, 5.74) is 2.90. The van der Waals surface area contributed by atoms with Crippen molar-refractivity contribution >= 4 is 8.30 Å². The first kappa shape index (κ1) is 10.7. The van der Waals surface area contributed by atoms with Crippen LogP contribution in [0.2, 0.25) is 0 Å². The van der Waals surface area contributed by atoms with Crippen LogP contribution in [0.15, 0.2) is 24.3 Å². The lowest BCUT2D eigenvalue weighted by Crippen LogP contribution is -2.20. The highest BCUT2D eigenvalue weighted by Gasteiger charge is 2.45. The van der Waals surface area contributed by atoms with Crippen LogP contribution in [0.1, 0.15) is 37.9 Å². The predicted octanol–water partition coefficient (Wildman–Crippen LogP) is 3.38. The summed E-state index contributed by atoms with van der Waals surface area (Å²) in [5.74, 6) is 0. The Labute approximate surface area is 98.3 Å². The lowest BCUT2D eigenvalue weighted by molar-refractivity contribution is 0.236. The van der Waals surface area contributed by atoms with E-state index in [2.05, 4.69) is 50.1 Å². The van der Waals surface area contributed by atoms with Gasteiger partial charge in [0.25, 0.3) is 0 Å². The highest BCUT2D eigenvalue weighted by Crippen LogP contribution is 2.58. The summed E-state index contributed by atoms with van der Waals surface area (Å²) in [6.07, 6.45) is 1.44. The molecule has 0 spiro atoms. The molecule has 2 nitrogen and oxygen atoms in total. The maximum Gasteiger partial charge on any atom is 0.108 e. The largest absolute Gasteiger partial charge is 0.338 e. The summed E-state index contributed by atoms with van der Waals surface area (Å²) in [7, 11) is -0.494. The molecule has 0 amide bonds. The van der Waals surface area contributed by atoms with Gasteiger partial charge in [-0.2, -0.15) is 0 Å². The number of rotatable bonds is 0.